The number of hydrogen-bond acceptors (Lipinski definition) is 2. The van der Waals surface area contributed by atoms with E-state index in [4.69, 9.17) is 11.6 Å². The van der Waals surface area contributed by atoms with Gasteiger partial charge in [0.15, 0.2) is 0 Å². The van der Waals surface area contributed by atoms with Crippen LogP contribution in [0.5, 0.6) is 0 Å². The van der Waals surface area contributed by atoms with E-state index in [0.717, 1.165) is 11.1 Å². The zero-order chi connectivity index (χ0) is 11.2. The van der Waals surface area contributed by atoms with E-state index in [9.17, 15) is 0 Å². The van der Waals surface area contributed by atoms with Crippen molar-refractivity contribution in [3.63, 3.8) is 0 Å². The van der Waals surface area contributed by atoms with Crippen molar-refractivity contribution >= 4 is 23.4 Å². The van der Waals surface area contributed by atoms with Crippen molar-refractivity contribution in [2.24, 2.45) is 0 Å². The average molecular weight is 256 g/mol. The van der Waals surface area contributed by atoms with Crippen molar-refractivity contribution in [1.82, 2.24) is 5.32 Å². The quantitative estimate of drug-likeness (QED) is 0.818. The molecule has 1 unspecified atom stereocenters. The summed E-state index contributed by atoms with van der Waals surface area (Å²) in [5.41, 5.74) is 0. The van der Waals surface area contributed by atoms with Crippen LogP contribution in [0.3, 0.4) is 0 Å². The average Bonchev–Trinajstić information content (AvgIpc) is 2.30. The maximum atomic E-state index is 5.95. The third kappa shape index (κ3) is 4.00. The maximum Gasteiger partial charge on any atom is 0.0417 e. The first-order chi connectivity index (χ1) is 7.84. The van der Waals surface area contributed by atoms with Gasteiger partial charge in [0, 0.05) is 16.0 Å². The van der Waals surface area contributed by atoms with Crippen molar-refractivity contribution in [3.05, 3.63) is 29.3 Å². The standard InChI is InChI=1S/C13H18ClNS/c14-11-4-3-6-13(10-11)16-9-7-12-5-1-2-8-15-12/h3-4,6,10,12,15H,1-2,5,7-9H2. The molecule has 0 aromatic heterocycles. The van der Waals surface area contributed by atoms with Gasteiger partial charge in [0.05, 0.1) is 0 Å². The van der Waals surface area contributed by atoms with Gasteiger partial charge in [-0.25, -0.2) is 0 Å². The molecule has 1 aromatic carbocycles. The van der Waals surface area contributed by atoms with E-state index >= 15 is 0 Å². The molecule has 0 amide bonds. The Balaban J connectivity index is 1.71. The number of halogens is 1. The summed E-state index contributed by atoms with van der Waals surface area (Å²) in [7, 11) is 0. The van der Waals surface area contributed by atoms with Crippen molar-refractivity contribution in [1.29, 1.82) is 0 Å². The van der Waals surface area contributed by atoms with Gasteiger partial charge in [-0.1, -0.05) is 24.1 Å². The Hall–Kier alpha value is -0.180. The number of piperidine rings is 1. The molecular weight excluding hydrogens is 238 g/mol. The lowest BCUT2D eigenvalue weighted by atomic mass is 10.0. The predicted molar refractivity (Wildman–Crippen MR) is 72.4 cm³/mol. The number of benzene rings is 1. The van der Waals surface area contributed by atoms with Crippen LogP contribution in [-0.4, -0.2) is 18.3 Å². The second kappa shape index (κ2) is 6.53. The largest absolute Gasteiger partial charge is 0.314 e. The number of thioether (sulfide) groups is 1. The fourth-order valence-electron chi connectivity index (χ4n) is 2.05. The van der Waals surface area contributed by atoms with Gasteiger partial charge >= 0.3 is 0 Å². The molecule has 1 N–H and O–H groups in total. The lowest BCUT2D eigenvalue weighted by Gasteiger charge is -2.23. The van der Waals surface area contributed by atoms with E-state index in [0.29, 0.717) is 0 Å². The van der Waals surface area contributed by atoms with Crippen LogP contribution in [0.1, 0.15) is 25.7 Å². The van der Waals surface area contributed by atoms with Gasteiger partial charge in [-0.15, -0.1) is 11.8 Å². The van der Waals surface area contributed by atoms with E-state index in [1.807, 2.05) is 30.0 Å². The molecule has 0 radical (unpaired) electrons. The highest BCUT2D eigenvalue weighted by atomic mass is 35.5. The van der Waals surface area contributed by atoms with Crippen LogP contribution in [0.25, 0.3) is 0 Å². The van der Waals surface area contributed by atoms with E-state index < -0.39 is 0 Å². The fraction of sp³-hybridized carbons (Fsp3) is 0.538. The lowest BCUT2D eigenvalue weighted by Crippen LogP contribution is -2.34. The molecule has 16 heavy (non-hydrogen) atoms. The summed E-state index contributed by atoms with van der Waals surface area (Å²) in [6, 6.07) is 8.85. The van der Waals surface area contributed by atoms with Crippen LogP contribution >= 0.6 is 23.4 Å². The molecular formula is C13H18ClNS. The van der Waals surface area contributed by atoms with E-state index in [2.05, 4.69) is 11.4 Å². The monoisotopic (exact) mass is 255 g/mol. The van der Waals surface area contributed by atoms with Gasteiger partial charge in [0.25, 0.3) is 0 Å². The Morgan fingerprint density at radius 1 is 1.38 bits per heavy atom. The molecule has 0 bridgehead atoms. The summed E-state index contributed by atoms with van der Waals surface area (Å²) in [5.74, 6) is 1.18. The van der Waals surface area contributed by atoms with Crippen LogP contribution in [0.4, 0.5) is 0 Å². The Morgan fingerprint density at radius 2 is 2.31 bits per heavy atom. The lowest BCUT2D eigenvalue weighted by molar-refractivity contribution is 0.395. The summed E-state index contributed by atoms with van der Waals surface area (Å²) in [6.07, 6.45) is 5.34. The molecule has 1 aliphatic heterocycles. The van der Waals surface area contributed by atoms with E-state index in [1.165, 1.54) is 42.9 Å². The molecule has 88 valence electrons. The molecule has 3 heteroatoms. The van der Waals surface area contributed by atoms with Crippen molar-refractivity contribution in [2.75, 3.05) is 12.3 Å². The van der Waals surface area contributed by atoms with Crippen LogP contribution in [-0.2, 0) is 0 Å². The smallest absolute Gasteiger partial charge is 0.0417 e. The molecule has 1 fully saturated rings. The summed E-state index contributed by atoms with van der Waals surface area (Å²) in [4.78, 5) is 1.28. The number of nitrogens with one attached hydrogen (secondary N) is 1. The first-order valence-corrected chi connectivity index (χ1v) is 7.33. The minimum atomic E-state index is 0.737. The zero-order valence-electron chi connectivity index (χ0n) is 9.42. The van der Waals surface area contributed by atoms with Crippen molar-refractivity contribution < 1.29 is 0 Å². The van der Waals surface area contributed by atoms with Gasteiger partial charge in [-0.2, -0.15) is 0 Å². The van der Waals surface area contributed by atoms with Crippen LogP contribution < -0.4 is 5.32 Å². The summed E-state index contributed by atoms with van der Waals surface area (Å²) in [6.45, 7) is 1.20. The second-order valence-electron chi connectivity index (χ2n) is 4.24. The molecule has 1 aliphatic rings. The van der Waals surface area contributed by atoms with Crippen LogP contribution in [0.15, 0.2) is 29.2 Å². The first-order valence-electron chi connectivity index (χ1n) is 5.96. The normalized spacial score (nSPS) is 20.9. The molecule has 1 heterocycles. The molecule has 2 rings (SSSR count). The third-order valence-corrected chi connectivity index (χ3v) is 4.21. The summed E-state index contributed by atoms with van der Waals surface area (Å²) in [5, 5.41) is 4.41. The van der Waals surface area contributed by atoms with Gasteiger partial charge < -0.3 is 5.32 Å². The van der Waals surface area contributed by atoms with Crippen LogP contribution in [0, 0.1) is 0 Å². The minimum Gasteiger partial charge on any atom is -0.314 e. The van der Waals surface area contributed by atoms with Gasteiger partial charge in [0.2, 0.25) is 0 Å². The van der Waals surface area contributed by atoms with Crippen LogP contribution in [0.2, 0.25) is 5.02 Å². The Labute approximate surface area is 107 Å². The highest BCUT2D eigenvalue weighted by molar-refractivity contribution is 7.99. The van der Waals surface area contributed by atoms with Gasteiger partial charge in [-0.3, -0.25) is 0 Å². The Morgan fingerprint density at radius 3 is 3.06 bits per heavy atom. The molecule has 0 saturated carbocycles. The molecule has 0 aliphatic carbocycles. The highest BCUT2D eigenvalue weighted by Gasteiger charge is 2.11. The topological polar surface area (TPSA) is 12.0 Å². The number of hydrogen-bond donors (Lipinski definition) is 1. The van der Waals surface area contributed by atoms with Crippen molar-refractivity contribution in [3.8, 4) is 0 Å². The summed E-state index contributed by atoms with van der Waals surface area (Å²) >= 11 is 7.85. The second-order valence-corrected chi connectivity index (χ2v) is 5.85. The fourth-order valence-corrected chi connectivity index (χ4v) is 3.32. The Bertz CT molecular complexity index is 323. The first kappa shape index (κ1) is 12.3. The third-order valence-electron chi connectivity index (χ3n) is 2.94. The molecule has 1 saturated heterocycles. The van der Waals surface area contributed by atoms with Crippen molar-refractivity contribution in [2.45, 2.75) is 36.6 Å². The predicted octanol–water partition coefficient (Wildman–Crippen LogP) is 3.96. The Kier molecular flexibility index (Phi) is 5.01. The minimum absolute atomic E-state index is 0.737. The highest BCUT2D eigenvalue weighted by Crippen LogP contribution is 2.23. The maximum absolute atomic E-state index is 5.95. The van der Waals surface area contributed by atoms with Gasteiger partial charge in [-0.05, 0) is 49.8 Å². The number of rotatable bonds is 4. The molecule has 0 spiro atoms. The molecule has 1 nitrogen and oxygen atoms in total. The van der Waals surface area contributed by atoms with Gasteiger partial charge in [0.1, 0.15) is 0 Å². The molecule has 1 aromatic rings. The summed E-state index contributed by atoms with van der Waals surface area (Å²) < 4.78 is 0. The SMILES string of the molecule is Clc1cccc(SCCC2CCCCN2)c1. The zero-order valence-corrected chi connectivity index (χ0v) is 11.0. The van der Waals surface area contributed by atoms with E-state index in [-0.39, 0.29) is 0 Å². The molecule has 1 atom stereocenters. The van der Waals surface area contributed by atoms with E-state index in [1.54, 1.807) is 0 Å².